The molecule has 158 valence electrons. The van der Waals surface area contributed by atoms with E-state index in [1.165, 1.54) is 12.1 Å². The molecule has 0 aromatic heterocycles. The summed E-state index contributed by atoms with van der Waals surface area (Å²) in [6, 6.07) is 6.23. The molecule has 1 fully saturated rings. The number of aliphatic imine (C=N–C) groups is 1. The second kappa shape index (κ2) is 12.6. The van der Waals surface area contributed by atoms with Gasteiger partial charge in [-0.3, -0.25) is 0 Å². The maximum atomic E-state index is 13.2. The first-order chi connectivity index (χ1) is 13.0. The Morgan fingerprint density at radius 3 is 2.71 bits per heavy atom. The number of nitrogens with one attached hydrogen (secondary N) is 1. The number of piperidine rings is 1. The fraction of sp³-hybridized carbons (Fsp3) is 0.579. The van der Waals surface area contributed by atoms with Crippen LogP contribution in [0.1, 0.15) is 33.1 Å². The Balaban J connectivity index is 0.00000392. The van der Waals surface area contributed by atoms with Crippen molar-refractivity contribution in [2.24, 2.45) is 10.7 Å². The molecule has 1 aromatic carbocycles. The zero-order valence-corrected chi connectivity index (χ0v) is 18.7. The number of nitrogens with two attached hydrogens (primary N) is 1. The van der Waals surface area contributed by atoms with Crippen LogP contribution in [0.15, 0.2) is 29.3 Å². The van der Waals surface area contributed by atoms with E-state index in [9.17, 15) is 9.18 Å². The van der Waals surface area contributed by atoms with Gasteiger partial charge in [-0.05, 0) is 38.3 Å². The van der Waals surface area contributed by atoms with E-state index in [2.05, 4.69) is 10.3 Å². The SMILES string of the molecule is CCOC(=O)N1CCC(NC(N)=NCC(CC)Oc2cccc(F)c2)CC1.I. The fourth-order valence-electron chi connectivity index (χ4n) is 2.86. The number of hydrogen-bond acceptors (Lipinski definition) is 4. The Labute approximate surface area is 182 Å². The largest absolute Gasteiger partial charge is 0.488 e. The van der Waals surface area contributed by atoms with Crippen LogP contribution in [0, 0.1) is 5.82 Å². The first-order valence-electron chi connectivity index (χ1n) is 9.42. The van der Waals surface area contributed by atoms with Gasteiger partial charge in [0, 0.05) is 25.2 Å². The van der Waals surface area contributed by atoms with Crippen molar-refractivity contribution in [1.82, 2.24) is 10.2 Å². The molecule has 9 heteroatoms. The lowest BCUT2D eigenvalue weighted by Gasteiger charge is -2.31. The van der Waals surface area contributed by atoms with Gasteiger partial charge in [-0.15, -0.1) is 24.0 Å². The van der Waals surface area contributed by atoms with E-state index in [0.29, 0.717) is 38.0 Å². The first-order valence-corrected chi connectivity index (χ1v) is 9.42. The van der Waals surface area contributed by atoms with Crippen LogP contribution in [0.4, 0.5) is 9.18 Å². The van der Waals surface area contributed by atoms with Gasteiger partial charge >= 0.3 is 6.09 Å². The molecule has 1 saturated heterocycles. The van der Waals surface area contributed by atoms with Crippen molar-refractivity contribution in [2.75, 3.05) is 26.2 Å². The lowest BCUT2D eigenvalue weighted by atomic mass is 10.1. The van der Waals surface area contributed by atoms with E-state index in [1.807, 2.05) is 6.92 Å². The van der Waals surface area contributed by atoms with Crippen molar-refractivity contribution in [3.8, 4) is 5.75 Å². The van der Waals surface area contributed by atoms with Crippen molar-refractivity contribution in [3.05, 3.63) is 30.1 Å². The Morgan fingerprint density at radius 2 is 2.11 bits per heavy atom. The number of likely N-dealkylation sites (tertiary alicyclic amines) is 1. The number of nitrogens with zero attached hydrogens (tertiary/aromatic N) is 2. The number of hydrogen-bond donors (Lipinski definition) is 2. The summed E-state index contributed by atoms with van der Waals surface area (Å²) in [7, 11) is 0. The van der Waals surface area contributed by atoms with Gasteiger partial charge in [0.25, 0.3) is 0 Å². The van der Waals surface area contributed by atoms with Gasteiger partial charge in [0.1, 0.15) is 17.7 Å². The van der Waals surface area contributed by atoms with Crippen LogP contribution >= 0.6 is 24.0 Å². The maximum absolute atomic E-state index is 13.2. The highest BCUT2D eigenvalue weighted by Crippen LogP contribution is 2.15. The molecule has 28 heavy (non-hydrogen) atoms. The lowest BCUT2D eigenvalue weighted by molar-refractivity contribution is 0.0963. The van der Waals surface area contributed by atoms with Gasteiger partial charge in [-0.25, -0.2) is 14.2 Å². The smallest absolute Gasteiger partial charge is 0.409 e. The number of amides is 1. The Kier molecular flexibility index (Phi) is 10.9. The number of carbonyl (C=O) groups is 1. The molecule has 3 N–H and O–H groups in total. The Bertz CT molecular complexity index is 639. The summed E-state index contributed by atoms with van der Waals surface area (Å²) >= 11 is 0. The van der Waals surface area contributed by atoms with E-state index in [-0.39, 0.29) is 48.0 Å². The van der Waals surface area contributed by atoms with Crippen molar-refractivity contribution in [1.29, 1.82) is 0 Å². The fourth-order valence-corrected chi connectivity index (χ4v) is 2.86. The van der Waals surface area contributed by atoms with Crippen molar-refractivity contribution < 1.29 is 18.7 Å². The summed E-state index contributed by atoms with van der Waals surface area (Å²) in [6.07, 6.45) is 1.85. The Morgan fingerprint density at radius 1 is 1.39 bits per heavy atom. The van der Waals surface area contributed by atoms with Gasteiger partial charge in [0.15, 0.2) is 5.96 Å². The molecule has 1 unspecified atom stereocenters. The van der Waals surface area contributed by atoms with Crippen molar-refractivity contribution in [3.63, 3.8) is 0 Å². The molecular weight excluding hydrogens is 478 g/mol. The summed E-state index contributed by atoms with van der Waals surface area (Å²) in [5.74, 6) is 0.502. The standard InChI is InChI=1S/C19H29FN4O3.HI/c1-3-16(27-17-7-5-6-14(20)12-17)13-22-18(21)23-15-8-10-24(11-9-15)19(25)26-4-2;/h5-7,12,15-16H,3-4,8-11,13H2,1-2H3,(H3,21,22,23);1H. The third-order valence-electron chi connectivity index (χ3n) is 4.39. The topological polar surface area (TPSA) is 89.2 Å². The number of guanidine groups is 1. The van der Waals surface area contributed by atoms with Gasteiger partial charge in [-0.2, -0.15) is 0 Å². The lowest BCUT2D eigenvalue weighted by Crippen LogP contribution is -2.48. The third-order valence-corrected chi connectivity index (χ3v) is 4.39. The van der Waals surface area contributed by atoms with Gasteiger partial charge in [0.2, 0.25) is 0 Å². The van der Waals surface area contributed by atoms with E-state index in [4.69, 9.17) is 15.2 Å². The van der Waals surface area contributed by atoms with E-state index < -0.39 is 0 Å². The second-order valence-electron chi connectivity index (χ2n) is 6.44. The minimum Gasteiger partial charge on any atom is -0.488 e. The number of benzene rings is 1. The molecule has 0 radical (unpaired) electrons. The molecule has 1 amide bonds. The second-order valence-corrected chi connectivity index (χ2v) is 6.44. The predicted molar refractivity (Wildman–Crippen MR) is 118 cm³/mol. The maximum Gasteiger partial charge on any atom is 0.409 e. The molecule has 0 spiro atoms. The van der Waals surface area contributed by atoms with Crippen LogP contribution in [0.5, 0.6) is 5.75 Å². The van der Waals surface area contributed by atoms with Gasteiger partial charge in [-0.1, -0.05) is 13.0 Å². The van der Waals surface area contributed by atoms with Gasteiger partial charge in [0.05, 0.1) is 13.2 Å². The molecular formula is C19H30FIN4O3. The minimum absolute atomic E-state index is 0. The molecule has 1 aliphatic heterocycles. The minimum atomic E-state index is -0.332. The molecule has 0 bridgehead atoms. The van der Waals surface area contributed by atoms with Crippen LogP contribution in [-0.4, -0.2) is 55.3 Å². The quantitative estimate of drug-likeness (QED) is 0.336. The average Bonchev–Trinajstić information content (AvgIpc) is 2.66. The zero-order valence-electron chi connectivity index (χ0n) is 16.4. The van der Waals surface area contributed by atoms with E-state index >= 15 is 0 Å². The third kappa shape index (κ3) is 8.07. The first kappa shape index (κ1) is 24.3. The summed E-state index contributed by atoms with van der Waals surface area (Å²) in [4.78, 5) is 17.8. The van der Waals surface area contributed by atoms with Crippen LogP contribution in [0.2, 0.25) is 0 Å². The van der Waals surface area contributed by atoms with E-state index in [1.54, 1.807) is 24.0 Å². The molecule has 7 nitrogen and oxygen atoms in total. The molecule has 0 saturated carbocycles. The van der Waals surface area contributed by atoms with Crippen LogP contribution in [-0.2, 0) is 4.74 Å². The van der Waals surface area contributed by atoms with Crippen LogP contribution in [0.3, 0.4) is 0 Å². The molecule has 0 aliphatic carbocycles. The van der Waals surface area contributed by atoms with Crippen molar-refractivity contribution in [2.45, 2.75) is 45.3 Å². The zero-order chi connectivity index (χ0) is 19.6. The summed E-state index contributed by atoms with van der Waals surface area (Å²) < 4.78 is 24.0. The molecule has 2 rings (SSSR count). The molecule has 1 atom stereocenters. The molecule has 1 aliphatic rings. The predicted octanol–water partition coefficient (Wildman–Crippen LogP) is 3.13. The number of rotatable bonds is 7. The monoisotopic (exact) mass is 508 g/mol. The summed E-state index contributed by atoms with van der Waals surface area (Å²) in [6.45, 7) is 5.80. The van der Waals surface area contributed by atoms with Gasteiger partial charge < -0.3 is 25.4 Å². The summed E-state index contributed by atoms with van der Waals surface area (Å²) in [5, 5.41) is 3.20. The van der Waals surface area contributed by atoms with E-state index in [0.717, 1.165) is 19.3 Å². The highest BCUT2D eigenvalue weighted by molar-refractivity contribution is 14.0. The normalized spacial score (nSPS) is 16.1. The number of halogens is 2. The van der Waals surface area contributed by atoms with Crippen molar-refractivity contribution >= 4 is 36.0 Å². The van der Waals surface area contributed by atoms with Crippen LogP contribution < -0.4 is 15.8 Å². The highest BCUT2D eigenvalue weighted by atomic mass is 127. The average molecular weight is 508 g/mol. The number of ether oxygens (including phenoxy) is 2. The van der Waals surface area contributed by atoms with Crippen LogP contribution in [0.25, 0.3) is 0 Å². The Hall–Kier alpha value is -1.78. The summed E-state index contributed by atoms with van der Waals surface area (Å²) in [5.41, 5.74) is 5.99. The highest BCUT2D eigenvalue weighted by Gasteiger charge is 2.23. The molecule has 1 aromatic rings. The molecule has 1 heterocycles. The number of carbonyl (C=O) groups excluding carboxylic acids is 1.